The van der Waals surface area contributed by atoms with Crippen LogP contribution in [0.15, 0.2) is 0 Å². The average Bonchev–Trinajstić information content (AvgIpc) is 2.22. The number of hydrogen-bond acceptors (Lipinski definition) is 3. The zero-order valence-corrected chi connectivity index (χ0v) is 10.6. The first-order valence-electron chi connectivity index (χ1n) is 5.46. The smallest absolute Gasteiger partial charge is 0.316 e. The molecular formula is C11H22N4O. The SMILES string of the molecule is CN(C)C(=O)NCCNCCC(C)(C)C#N. The van der Waals surface area contributed by atoms with Crippen molar-refractivity contribution in [3.8, 4) is 6.07 Å². The Labute approximate surface area is 97.8 Å². The van der Waals surface area contributed by atoms with E-state index >= 15 is 0 Å². The number of rotatable bonds is 6. The normalized spacial score (nSPS) is 10.7. The molecule has 2 N–H and O–H groups in total. The predicted octanol–water partition coefficient (Wildman–Crippen LogP) is 0.787. The number of carbonyl (C=O) groups excluding carboxylic acids is 1. The van der Waals surface area contributed by atoms with Crippen LogP contribution in [0.1, 0.15) is 20.3 Å². The highest BCUT2D eigenvalue weighted by atomic mass is 16.2. The lowest BCUT2D eigenvalue weighted by atomic mass is 9.92. The molecule has 5 nitrogen and oxygen atoms in total. The number of amides is 2. The maximum Gasteiger partial charge on any atom is 0.316 e. The second kappa shape index (κ2) is 7.07. The fourth-order valence-corrected chi connectivity index (χ4v) is 0.998. The minimum Gasteiger partial charge on any atom is -0.337 e. The molecule has 0 aromatic rings. The van der Waals surface area contributed by atoms with Crippen LogP contribution in [-0.4, -0.2) is 44.7 Å². The fraction of sp³-hybridized carbons (Fsp3) is 0.818. The summed E-state index contributed by atoms with van der Waals surface area (Å²) >= 11 is 0. The van der Waals surface area contributed by atoms with Gasteiger partial charge in [0.25, 0.3) is 0 Å². The molecule has 0 spiro atoms. The molecule has 0 fully saturated rings. The lowest BCUT2D eigenvalue weighted by Crippen LogP contribution is -2.38. The Bertz CT molecular complexity index is 255. The monoisotopic (exact) mass is 226 g/mol. The number of nitrogens with one attached hydrogen (secondary N) is 2. The maximum atomic E-state index is 11.1. The average molecular weight is 226 g/mol. The molecule has 0 rings (SSSR count). The van der Waals surface area contributed by atoms with E-state index in [9.17, 15) is 4.79 Å². The molecule has 0 unspecified atom stereocenters. The van der Waals surface area contributed by atoms with Crippen molar-refractivity contribution in [2.45, 2.75) is 20.3 Å². The summed E-state index contributed by atoms with van der Waals surface area (Å²) in [6, 6.07) is 2.16. The molecule has 0 saturated heterocycles. The van der Waals surface area contributed by atoms with E-state index in [1.807, 2.05) is 13.8 Å². The molecule has 0 saturated carbocycles. The molecule has 5 heteroatoms. The largest absolute Gasteiger partial charge is 0.337 e. The second-order valence-corrected chi connectivity index (χ2v) is 4.62. The molecule has 0 bridgehead atoms. The van der Waals surface area contributed by atoms with Crippen molar-refractivity contribution in [1.29, 1.82) is 5.26 Å². The van der Waals surface area contributed by atoms with E-state index in [0.717, 1.165) is 19.5 Å². The molecular weight excluding hydrogens is 204 g/mol. The number of carbonyl (C=O) groups is 1. The van der Waals surface area contributed by atoms with Gasteiger partial charge in [-0.2, -0.15) is 5.26 Å². The van der Waals surface area contributed by atoms with Gasteiger partial charge in [-0.15, -0.1) is 0 Å². The Morgan fingerprint density at radius 2 is 1.94 bits per heavy atom. The van der Waals surface area contributed by atoms with Crippen molar-refractivity contribution in [3.63, 3.8) is 0 Å². The number of nitrogens with zero attached hydrogens (tertiary/aromatic N) is 2. The highest BCUT2D eigenvalue weighted by Crippen LogP contribution is 2.16. The van der Waals surface area contributed by atoms with E-state index < -0.39 is 0 Å². The van der Waals surface area contributed by atoms with Gasteiger partial charge >= 0.3 is 6.03 Å². The zero-order valence-electron chi connectivity index (χ0n) is 10.6. The third kappa shape index (κ3) is 7.07. The minimum atomic E-state index is -0.278. The summed E-state index contributed by atoms with van der Waals surface area (Å²) in [5.74, 6) is 0. The van der Waals surface area contributed by atoms with Gasteiger partial charge in [-0.3, -0.25) is 0 Å². The standard InChI is InChI=1S/C11H22N4O/c1-11(2,9-12)5-6-13-7-8-14-10(16)15(3)4/h13H,5-8H2,1-4H3,(H,14,16). The molecule has 0 heterocycles. The maximum absolute atomic E-state index is 11.1. The molecule has 0 radical (unpaired) electrons. The molecule has 0 aliphatic rings. The van der Waals surface area contributed by atoms with Crippen molar-refractivity contribution in [2.75, 3.05) is 33.7 Å². The van der Waals surface area contributed by atoms with Crippen LogP contribution in [0.5, 0.6) is 0 Å². The van der Waals surface area contributed by atoms with Crippen molar-refractivity contribution >= 4 is 6.03 Å². The van der Waals surface area contributed by atoms with E-state index in [1.165, 1.54) is 4.90 Å². The summed E-state index contributed by atoms with van der Waals surface area (Å²) in [6.07, 6.45) is 0.811. The number of urea groups is 1. The van der Waals surface area contributed by atoms with Gasteiger partial charge in [0, 0.05) is 27.2 Å². The zero-order chi connectivity index (χ0) is 12.6. The number of hydrogen-bond donors (Lipinski definition) is 2. The highest BCUT2D eigenvalue weighted by Gasteiger charge is 2.15. The molecule has 0 aromatic carbocycles. The van der Waals surface area contributed by atoms with Crippen LogP contribution in [-0.2, 0) is 0 Å². The van der Waals surface area contributed by atoms with Crippen LogP contribution in [0.2, 0.25) is 0 Å². The summed E-state index contributed by atoms with van der Waals surface area (Å²) in [4.78, 5) is 12.6. The summed E-state index contributed by atoms with van der Waals surface area (Å²) in [7, 11) is 3.41. The van der Waals surface area contributed by atoms with Crippen molar-refractivity contribution in [1.82, 2.24) is 15.5 Å². The van der Waals surface area contributed by atoms with Crippen LogP contribution in [0.3, 0.4) is 0 Å². The summed E-state index contributed by atoms with van der Waals surface area (Å²) in [5.41, 5.74) is -0.278. The summed E-state index contributed by atoms with van der Waals surface area (Å²) in [6.45, 7) is 5.95. The van der Waals surface area contributed by atoms with Gasteiger partial charge in [-0.1, -0.05) is 0 Å². The van der Waals surface area contributed by atoms with E-state index in [2.05, 4.69) is 16.7 Å². The Kier molecular flexibility index (Phi) is 6.50. The van der Waals surface area contributed by atoms with Crippen LogP contribution >= 0.6 is 0 Å². The van der Waals surface area contributed by atoms with Gasteiger partial charge in [0.15, 0.2) is 0 Å². The molecule has 16 heavy (non-hydrogen) atoms. The van der Waals surface area contributed by atoms with Crippen molar-refractivity contribution < 1.29 is 4.79 Å². The first-order valence-corrected chi connectivity index (χ1v) is 5.46. The van der Waals surface area contributed by atoms with Crippen LogP contribution in [0.25, 0.3) is 0 Å². The minimum absolute atomic E-state index is 0.0841. The Balaban J connectivity index is 3.43. The fourth-order valence-electron chi connectivity index (χ4n) is 0.998. The Morgan fingerprint density at radius 1 is 1.31 bits per heavy atom. The van der Waals surface area contributed by atoms with Crippen LogP contribution in [0.4, 0.5) is 4.79 Å². The van der Waals surface area contributed by atoms with E-state index in [-0.39, 0.29) is 11.4 Å². The quantitative estimate of drug-likeness (QED) is 0.658. The molecule has 0 aliphatic heterocycles. The Morgan fingerprint density at radius 3 is 2.44 bits per heavy atom. The third-order valence-electron chi connectivity index (χ3n) is 2.21. The first-order chi connectivity index (χ1) is 7.39. The highest BCUT2D eigenvalue weighted by molar-refractivity contribution is 5.73. The second-order valence-electron chi connectivity index (χ2n) is 4.62. The number of nitriles is 1. The Hall–Kier alpha value is -1.28. The molecule has 92 valence electrons. The van der Waals surface area contributed by atoms with Gasteiger partial charge in [-0.25, -0.2) is 4.79 Å². The molecule has 0 atom stereocenters. The van der Waals surface area contributed by atoms with Crippen molar-refractivity contribution in [2.24, 2.45) is 5.41 Å². The van der Waals surface area contributed by atoms with Crippen LogP contribution in [0, 0.1) is 16.7 Å². The molecule has 2 amide bonds. The summed E-state index contributed by atoms with van der Waals surface area (Å²) in [5, 5.41) is 14.7. The first kappa shape index (κ1) is 14.7. The van der Waals surface area contributed by atoms with Gasteiger partial charge in [-0.05, 0) is 26.8 Å². The third-order valence-corrected chi connectivity index (χ3v) is 2.21. The van der Waals surface area contributed by atoms with Gasteiger partial charge in [0.05, 0.1) is 11.5 Å². The molecule has 0 aliphatic carbocycles. The lowest BCUT2D eigenvalue weighted by molar-refractivity contribution is 0.217. The van der Waals surface area contributed by atoms with E-state index in [0.29, 0.717) is 6.54 Å². The van der Waals surface area contributed by atoms with Gasteiger partial charge < -0.3 is 15.5 Å². The van der Waals surface area contributed by atoms with E-state index in [4.69, 9.17) is 5.26 Å². The summed E-state index contributed by atoms with van der Waals surface area (Å²) < 4.78 is 0. The van der Waals surface area contributed by atoms with E-state index in [1.54, 1.807) is 14.1 Å². The predicted molar refractivity (Wildman–Crippen MR) is 64.0 cm³/mol. The topological polar surface area (TPSA) is 68.2 Å². The lowest BCUT2D eigenvalue weighted by Gasteiger charge is -2.15. The van der Waals surface area contributed by atoms with Crippen LogP contribution < -0.4 is 10.6 Å². The van der Waals surface area contributed by atoms with Gasteiger partial charge in [0.2, 0.25) is 0 Å². The van der Waals surface area contributed by atoms with Crippen molar-refractivity contribution in [3.05, 3.63) is 0 Å². The van der Waals surface area contributed by atoms with Gasteiger partial charge in [0.1, 0.15) is 0 Å². The molecule has 0 aromatic heterocycles.